The summed E-state index contributed by atoms with van der Waals surface area (Å²) in [5, 5.41) is 19.5. The van der Waals surface area contributed by atoms with Gasteiger partial charge in [-0.1, -0.05) is 0 Å². The summed E-state index contributed by atoms with van der Waals surface area (Å²) in [6.07, 6.45) is -1.85. The van der Waals surface area contributed by atoms with Gasteiger partial charge in [0.1, 0.15) is 6.10 Å². The van der Waals surface area contributed by atoms with Gasteiger partial charge in [-0.05, 0) is 25.5 Å². The normalized spacial score (nSPS) is 14.1. The fraction of sp³-hybridized carbons (Fsp3) is 0.500. The number of carbonyl (C=O) groups is 1. The maximum atomic E-state index is 13.2. The molecule has 1 aromatic heterocycles. The Morgan fingerprint density at radius 2 is 2.22 bits per heavy atom. The zero-order valence-electron chi connectivity index (χ0n) is 10.3. The molecule has 1 aromatic rings. The molecule has 0 aliphatic rings. The van der Waals surface area contributed by atoms with Gasteiger partial charge in [0.25, 0.3) is 0 Å². The Kier molecular flexibility index (Phi) is 5.18. The molecule has 2 atom stereocenters. The molecule has 0 amide bonds. The minimum Gasteiger partial charge on any atom is -0.466 e. The Morgan fingerprint density at radius 1 is 1.56 bits per heavy atom. The Balaban J connectivity index is 2.77. The molecule has 1 rings (SSSR count). The first-order chi connectivity index (χ1) is 8.47. The van der Waals surface area contributed by atoms with Gasteiger partial charge in [0.2, 0.25) is 5.95 Å². The van der Waals surface area contributed by atoms with E-state index in [1.807, 2.05) is 0 Å². The molecule has 0 fully saturated rings. The molecule has 0 spiro atoms. The maximum Gasteiger partial charge on any atom is 0.308 e. The van der Waals surface area contributed by atoms with Crippen LogP contribution in [0.4, 0.5) is 4.39 Å². The molecule has 2 unspecified atom stereocenters. The largest absolute Gasteiger partial charge is 0.466 e. The quantitative estimate of drug-likeness (QED) is 0.604. The number of hydrogen-bond donors (Lipinski definition) is 2. The number of halogens is 1. The van der Waals surface area contributed by atoms with Crippen LogP contribution in [0.1, 0.15) is 30.6 Å². The number of aromatic nitrogens is 1. The second-order valence-electron chi connectivity index (χ2n) is 3.84. The van der Waals surface area contributed by atoms with Crippen LogP contribution in [-0.4, -0.2) is 33.9 Å². The molecule has 0 radical (unpaired) electrons. The third-order valence-electron chi connectivity index (χ3n) is 2.55. The molecule has 0 aliphatic heterocycles. The predicted molar refractivity (Wildman–Crippen MR) is 61.1 cm³/mol. The molecule has 100 valence electrons. The molecule has 6 heteroatoms. The molecule has 0 aromatic carbocycles. The lowest BCUT2D eigenvalue weighted by molar-refractivity contribution is -0.147. The fourth-order valence-electron chi connectivity index (χ4n) is 1.55. The van der Waals surface area contributed by atoms with Crippen molar-refractivity contribution in [3.05, 3.63) is 29.3 Å². The van der Waals surface area contributed by atoms with Crippen LogP contribution >= 0.6 is 0 Å². The fourth-order valence-corrected chi connectivity index (χ4v) is 1.55. The van der Waals surface area contributed by atoms with Gasteiger partial charge in [0.15, 0.2) is 0 Å². The number of nitrogens with zero attached hydrogens (tertiary/aromatic N) is 1. The summed E-state index contributed by atoms with van der Waals surface area (Å²) in [6, 6.07) is 1.40. The highest BCUT2D eigenvalue weighted by Gasteiger charge is 2.24. The van der Waals surface area contributed by atoms with Crippen LogP contribution in [0.5, 0.6) is 0 Å². The minimum atomic E-state index is -1.35. The van der Waals surface area contributed by atoms with Crippen molar-refractivity contribution in [1.82, 2.24) is 4.98 Å². The molecule has 1 heterocycles. The summed E-state index contributed by atoms with van der Waals surface area (Å²) in [5.74, 6) is -1.33. The summed E-state index contributed by atoms with van der Waals surface area (Å²) >= 11 is 0. The number of aliphatic hydroxyl groups excluding tert-OH is 2. The number of rotatable bonds is 5. The smallest absolute Gasteiger partial charge is 0.308 e. The molecule has 2 N–H and O–H groups in total. The Morgan fingerprint density at radius 3 is 2.83 bits per heavy atom. The number of aliphatic hydroxyl groups is 2. The van der Waals surface area contributed by atoms with Crippen molar-refractivity contribution in [2.75, 3.05) is 6.61 Å². The van der Waals surface area contributed by atoms with Crippen LogP contribution in [0, 0.1) is 12.9 Å². The van der Waals surface area contributed by atoms with Crippen molar-refractivity contribution in [2.24, 2.45) is 0 Å². The average molecular weight is 257 g/mol. The number of hydrogen-bond acceptors (Lipinski definition) is 5. The topological polar surface area (TPSA) is 79.7 Å². The lowest BCUT2D eigenvalue weighted by Crippen LogP contribution is -2.24. The van der Waals surface area contributed by atoms with E-state index >= 15 is 0 Å². The molecule has 0 aliphatic carbocycles. The lowest BCUT2D eigenvalue weighted by atomic mass is 9.99. The SMILES string of the molecule is CCOC(=O)CC(O)C(O)c1ccnc(F)c1C. The number of ether oxygens (including phenoxy) is 1. The summed E-state index contributed by atoms with van der Waals surface area (Å²) < 4.78 is 17.8. The molecular weight excluding hydrogens is 241 g/mol. The molecule has 0 saturated carbocycles. The highest BCUT2D eigenvalue weighted by atomic mass is 19.1. The molecular formula is C12H16FNO4. The standard InChI is InChI=1S/C12H16FNO4/c1-3-18-10(16)6-9(15)11(17)8-4-5-14-12(13)7(8)2/h4-5,9,11,15,17H,3,6H2,1-2H3. The van der Waals surface area contributed by atoms with E-state index < -0.39 is 24.1 Å². The van der Waals surface area contributed by atoms with Crippen molar-refractivity contribution >= 4 is 5.97 Å². The monoisotopic (exact) mass is 257 g/mol. The summed E-state index contributed by atoms with van der Waals surface area (Å²) in [5.41, 5.74) is 0.354. The number of carbonyl (C=O) groups excluding carboxylic acids is 1. The second-order valence-corrected chi connectivity index (χ2v) is 3.84. The van der Waals surface area contributed by atoms with E-state index in [0.29, 0.717) is 0 Å². The molecule has 5 nitrogen and oxygen atoms in total. The van der Waals surface area contributed by atoms with Gasteiger partial charge in [-0.25, -0.2) is 4.98 Å². The van der Waals surface area contributed by atoms with Crippen LogP contribution in [0.15, 0.2) is 12.3 Å². The van der Waals surface area contributed by atoms with E-state index in [9.17, 15) is 19.4 Å². The first kappa shape index (κ1) is 14.5. The summed E-state index contributed by atoms with van der Waals surface area (Å²) in [6.45, 7) is 3.28. The predicted octanol–water partition coefficient (Wildman–Crippen LogP) is 0.877. The van der Waals surface area contributed by atoms with E-state index in [4.69, 9.17) is 0 Å². The third-order valence-corrected chi connectivity index (χ3v) is 2.55. The Labute approximate surface area is 104 Å². The van der Waals surface area contributed by atoms with E-state index in [-0.39, 0.29) is 24.2 Å². The maximum absolute atomic E-state index is 13.2. The van der Waals surface area contributed by atoms with Gasteiger partial charge in [-0.15, -0.1) is 0 Å². The minimum absolute atomic E-state index is 0.146. The van der Waals surface area contributed by atoms with E-state index in [0.717, 1.165) is 0 Å². The van der Waals surface area contributed by atoms with Crippen molar-refractivity contribution in [1.29, 1.82) is 0 Å². The molecule has 0 saturated heterocycles. The second kappa shape index (κ2) is 6.42. The molecule has 18 heavy (non-hydrogen) atoms. The first-order valence-corrected chi connectivity index (χ1v) is 5.60. The highest BCUT2D eigenvalue weighted by Crippen LogP contribution is 2.23. The number of pyridine rings is 1. The van der Waals surface area contributed by atoms with Gasteiger partial charge in [0.05, 0.1) is 19.1 Å². The third kappa shape index (κ3) is 3.48. The Bertz CT molecular complexity index is 425. The van der Waals surface area contributed by atoms with Gasteiger partial charge in [-0.2, -0.15) is 4.39 Å². The van der Waals surface area contributed by atoms with Crippen LogP contribution in [0.3, 0.4) is 0 Å². The zero-order chi connectivity index (χ0) is 13.7. The average Bonchev–Trinajstić information content (AvgIpc) is 2.32. The lowest BCUT2D eigenvalue weighted by Gasteiger charge is -2.19. The Hall–Kier alpha value is -1.53. The zero-order valence-corrected chi connectivity index (χ0v) is 10.3. The summed E-state index contributed by atoms with van der Waals surface area (Å²) in [7, 11) is 0. The van der Waals surface area contributed by atoms with E-state index in [2.05, 4.69) is 9.72 Å². The van der Waals surface area contributed by atoms with Gasteiger partial charge in [0, 0.05) is 11.8 Å². The van der Waals surface area contributed by atoms with Gasteiger partial charge >= 0.3 is 5.97 Å². The van der Waals surface area contributed by atoms with Crippen LogP contribution in [-0.2, 0) is 9.53 Å². The van der Waals surface area contributed by atoms with Crippen molar-refractivity contribution in [3.8, 4) is 0 Å². The van der Waals surface area contributed by atoms with Crippen LogP contribution < -0.4 is 0 Å². The number of esters is 1. The molecule has 0 bridgehead atoms. The van der Waals surface area contributed by atoms with Crippen LogP contribution in [0.2, 0.25) is 0 Å². The van der Waals surface area contributed by atoms with Crippen molar-refractivity contribution in [3.63, 3.8) is 0 Å². The van der Waals surface area contributed by atoms with Crippen molar-refractivity contribution < 1.29 is 24.1 Å². The van der Waals surface area contributed by atoms with Crippen molar-refractivity contribution in [2.45, 2.75) is 32.5 Å². The van der Waals surface area contributed by atoms with Gasteiger partial charge < -0.3 is 14.9 Å². The first-order valence-electron chi connectivity index (χ1n) is 5.60. The van der Waals surface area contributed by atoms with Gasteiger partial charge in [-0.3, -0.25) is 4.79 Å². The van der Waals surface area contributed by atoms with Crippen LogP contribution in [0.25, 0.3) is 0 Å². The highest BCUT2D eigenvalue weighted by molar-refractivity contribution is 5.70. The summed E-state index contributed by atoms with van der Waals surface area (Å²) in [4.78, 5) is 14.6. The van der Waals surface area contributed by atoms with E-state index in [1.54, 1.807) is 6.92 Å². The van der Waals surface area contributed by atoms with E-state index in [1.165, 1.54) is 19.2 Å².